The van der Waals surface area contributed by atoms with Gasteiger partial charge in [0.15, 0.2) is 0 Å². The highest BCUT2D eigenvalue weighted by Crippen LogP contribution is 2.20. The van der Waals surface area contributed by atoms with E-state index in [0.717, 1.165) is 0 Å². The maximum atomic E-state index is 11.4. The van der Waals surface area contributed by atoms with E-state index in [0.29, 0.717) is 12.8 Å². The molecule has 0 heterocycles. The van der Waals surface area contributed by atoms with Crippen LogP contribution in [0.2, 0.25) is 0 Å². The predicted molar refractivity (Wildman–Crippen MR) is 49.1 cm³/mol. The van der Waals surface area contributed by atoms with Crippen molar-refractivity contribution in [3.8, 4) is 0 Å². The number of carbonyl (C=O) groups excluding carboxylic acids is 1. The van der Waals surface area contributed by atoms with Gasteiger partial charge in [-0.15, -0.1) is 0 Å². The molecule has 13 heavy (non-hydrogen) atoms. The minimum Gasteiger partial charge on any atom is -0.463 e. The van der Waals surface area contributed by atoms with Crippen molar-refractivity contribution in [1.29, 1.82) is 0 Å². The molecule has 3 heteroatoms. The number of aliphatic hydroxyl groups excluding tert-OH is 1. The van der Waals surface area contributed by atoms with Gasteiger partial charge in [-0.25, -0.2) is 0 Å². The molecule has 74 valence electrons. The molecule has 0 aromatic carbocycles. The third-order valence-corrected chi connectivity index (χ3v) is 1.99. The van der Waals surface area contributed by atoms with E-state index in [9.17, 15) is 9.90 Å². The average Bonchev–Trinajstić information content (AvgIpc) is 2.03. The van der Waals surface area contributed by atoms with Gasteiger partial charge in [0.1, 0.15) is 0 Å². The van der Waals surface area contributed by atoms with Crippen LogP contribution in [0.15, 0.2) is 12.2 Å². The molecule has 0 radical (unpaired) electrons. The van der Waals surface area contributed by atoms with Crippen molar-refractivity contribution in [2.45, 2.75) is 38.9 Å². The smallest absolute Gasteiger partial charge is 0.309 e. The van der Waals surface area contributed by atoms with E-state index in [-0.39, 0.29) is 18.0 Å². The Hall–Kier alpha value is -0.830. The highest BCUT2D eigenvalue weighted by Gasteiger charge is 2.24. The molecule has 0 spiro atoms. The molecule has 0 amide bonds. The largest absolute Gasteiger partial charge is 0.463 e. The molecule has 1 aliphatic rings. The lowest BCUT2D eigenvalue weighted by molar-refractivity contribution is -0.153. The van der Waals surface area contributed by atoms with Crippen LogP contribution in [0.1, 0.15) is 26.7 Å². The fourth-order valence-corrected chi connectivity index (χ4v) is 1.39. The van der Waals surface area contributed by atoms with Crippen LogP contribution in [-0.2, 0) is 9.53 Å². The van der Waals surface area contributed by atoms with Crippen molar-refractivity contribution in [3.63, 3.8) is 0 Å². The predicted octanol–water partition coefficient (Wildman–Crippen LogP) is 1.27. The van der Waals surface area contributed by atoms with Crippen LogP contribution in [0, 0.1) is 5.92 Å². The van der Waals surface area contributed by atoms with Gasteiger partial charge in [-0.1, -0.05) is 12.2 Å². The number of esters is 1. The Kier molecular flexibility index (Phi) is 3.48. The zero-order valence-corrected chi connectivity index (χ0v) is 8.06. The van der Waals surface area contributed by atoms with Crippen molar-refractivity contribution in [3.05, 3.63) is 12.2 Å². The van der Waals surface area contributed by atoms with Crippen LogP contribution < -0.4 is 0 Å². The molecular formula is C10H16O3. The molecule has 1 rings (SSSR count). The standard InChI is InChI=1S/C10H16O3/c1-7(2)13-10(12)8-4-3-5-9(11)6-8/h3,5,7-9,11H,4,6H2,1-2H3/t8-,9+/m1/s1. The average molecular weight is 184 g/mol. The molecule has 1 aliphatic carbocycles. The second-order valence-corrected chi connectivity index (χ2v) is 3.65. The lowest BCUT2D eigenvalue weighted by Gasteiger charge is -2.21. The molecule has 1 N–H and O–H groups in total. The van der Waals surface area contributed by atoms with Gasteiger partial charge in [-0.3, -0.25) is 4.79 Å². The van der Waals surface area contributed by atoms with E-state index in [1.807, 2.05) is 19.9 Å². The second-order valence-electron chi connectivity index (χ2n) is 3.65. The van der Waals surface area contributed by atoms with Crippen molar-refractivity contribution in [2.75, 3.05) is 0 Å². The minimum atomic E-state index is -0.488. The summed E-state index contributed by atoms with van der Waals surface area (Å²) in [6.45, 7) is 3.65. The summed E-state index contributed by atoms with van der Waals surface area (Å²) in [7, 11) is 0. The number of carbonyl (C=O) groups is 1. The molecule has 0 aliphatic heterocycles. The molecule has 3 nitrogen and oxygen atoms in total. The normalized spacial score (nSPS) is 27.7. The second kappa shape index (κ2) is 4.42. The molecular weight excluding hydrogens is 168 g/mol. The Labute approximate surface area is 78.4 Å². The summed E-state index contributed by atoms with van der Waals surface area (Å²) in [5.41, 5.74) is 0. The molecule has 0 aromatic rings. The van der Waals surface area contributed by atoms with Crippen LogP contribution in [0.25, 0.3) is 0 Å². The SMILES string of the molecule is CC(C)OC(=O)[C@@H]1CC=C[C@H](O)C1. The van der Waals surface area contributed by atoms with Gasteiger partial charge in [0.25, 0.3) is 0 Å². The fraction of sp³-hybridized carbons (Fsp3) is 0.700. The molecule has 0 unspecified atom stereocenters. The van der Waals surface area contributed by atoms with Crippen LogP contribution in [-0.4, -0.2) is 23.3 Å². The van der Waals surface area contributed by atoms with Crippen LogP contribution in [0.5, 0.6) is 0 Å². The number of aliphatic hydroxyl groups is 1. The van der Waals surface area contributed by atoms with E-state index in [4.69, 9.17) is 4.74 Å². The lowest BCUT2D eigenvalue weighted by Crippen LogP contribution is -2.26. The summed E-state index contributed by atoms with van der Waals surface area (Å²) < 4.78 is 5.05. The number of hydrogen-bond donors (Lipinski definition) is 1. The summed E-state index contributed by atoms with van der Waals surface area (Å²) in [5, 5.41) is 9.27. The Morgan fingerprint density at radius 1 is 1.62 bits per heavy atom. The third kappa shape index (κ3) is 3.19. The van der Waals surface area contributed by atoms with Crippen molar-refractivity contribution >= 4 is 5.97 Å². The molecule has 0 aromatic heterocycles. The van der Waals surface area contributed by atoms with Gasteiger partial charge in [0.2, 0.25) is 0 Å². The van der Waals surface area contributed by atoms with Crippen molar-refractivity contribution in [1.82, 2.24) is 0 Å². The van der Waals surface area contributed by atoms with Gasteiger partial charge >= 0.3 is 5.97 Å². The van der Waals surface area contributed by atoms with Crippen molar-refractivity contribution < 1.29 is 14.6 Å². The first kappa shape index (κ1) is 10.3. The molecule has 0 saturated heterocycles. The fourth-order valence-electron chi connectivity index (χ4n) is 1.39. The Bertz CT molecular complexity index is 208. The van der Waals surface area contributed by atoms with Gasteiger partial charge < -0.3 is 9.84 Å². The zero-order chi connectivity index (χ0) is 9.84. The molecule has 0 bridgehead atoms. The first-order valence-electron chi connectivity index (χ1n) is 4.65. The highest BCUT2D eigenvalue weighted by atomic mass is 16.5. The maximum absolute atomic E-state index is 11.4. The van der Waals surface area contributed by atoms with E-state index in [2.05, 4.69) is 0 Å². The molecule has 0 saturated carbocycles. The minimum absolute atomic E-state index is 0.0736. The summed E-state index contributed by atoms with van der Waals surface area (Å²) >= 11 is 0. The topological polar surface area (TPSA) is 46.5 Å². The van der Waals surface area contributed by atoms with Gasteiger partial charge in [-0.05, 0) is 26.7 Å². The monoisotopic (exact) mass is 184 g/mol. The maximum Gasteiger partial charge on any atom is 0.309 e. The summed E-state index contributed by atoms with van der Waals surface area (Å²) in [4.78, 5) is 11.4. The van der Waals surface area contributed by atoms with Gasteiger partial charge in [0.05, 0.1) is 18.1 Å². The van der Waals surface area contributed by atoms with E-state index >= 15 is 0 Å². The Morgan fingerprint density at radius 3 is 2.85 bits per heavy atom. The summed E-state index contributed by atoms with van der Waals surface area (Å²) in [5.74, 6) is -0.360. The van der Waals surface area contributed by atoms with Crippen LogP contribution >= 0.6 is 0 Å². The number of hydrogen-bond acceptors (Lipinski definition) is 3. The number of ether oxygens (including phenoxy) is 1. The quantitative estimate of drug-likeness (QED) is 0.519. The van der Waals surface area contributed by atoms with E-state index in [1.54, 1.807) is 6.08 Å². The molecule has 0 fully saturated rings. The van der Waals surface area contributed by atoms with E-state index in [1.165, 1.54) is 0 Å². The first-order chi connectivity index (χ1) is 6.09. The van der Waals surface area contributed by atoms with E-state index < -0.39 is 6.10 Å². The van der Waals surface area contributed by atoms with Crippen LogP contribution in [0.3, 0.4) is 0 Å². The zero-order valence-electron chi connectivity index (χ0n) is 8.06. The van der Waals surface area contributed by atoms with Gasteiger partial charge in [0, 0.05) is 0 Å². The third-order valence-electron chi connectivity index (χ3n) is 1.99. The van der Waals surface area contributed by atoms with Crippen molar-refractivity contribution in [2.24, 2.45) is 5.92 Å². The highest BCUT2D eigenvalue weighted by molar-refractivity contribution is 5.73. The van der Waals surface area contributed by atoms with Gasteiger partial charge in [-0.2, -0.15) is 0 Å². The number of rotatable bonds is 2. The number of allylic oxidation sites excluding steroid dienone is 1. The Morgan fingerprint density at radius 2 is 2.31 bits per heavy atom. The summed E-state index contributed by atoms with van der Waals surface area (Å²) in [6.07, 6.45) is 4.17. The summed E-state index contributed by atoms with van der Waals surface area (Å²) in [6, 6.07) is 0. The lowest BCUT2D eigenvalue weighted by atomic mass is 9.93. The first-order valence-corrected chi connectivity index (χ1v) is 4.65. The Balaban J connectivity index is 2.44. The molecule has 2 atom stereocenters. The van der Waals surface area contributed by atoms with Crippen LogP contribution in [0.4, 0.5) is 0 Å².